The third kappa shape index (κ3) is 29.0. The van der Waals surface area contributed by atoms with Crippen LogP contribution in [0.25, 0.3) is 0 Å². The standard InChI is InChI=1S/C39H72N4O8/c1-7-8-9-10-11-12-13-14-19-24-29-49-37(48)43(28-23-18-17-20-25-40-34(2)50-32-38(3,4)30-44)35(46)41-26-21-15-16-22-27-42-36(47)51-33-39(5,6)31-45/h30-31,40H,2,7-29,32-33H2,1,3-6H3,(H,41,46)(H,42,47). The van der Waals surface area contributed by atoms with Crippen LogP contribution in [0.1, 0.15) is 150 Å². The van der Waals surface area contributed by atoms with E-state index in [9.17, 15) is 24.0 Å². The molecule has 12 heteroatoms. The minimum absolute atomic E-state index is 0.0273. The summed E-state index contributed by atoms with van der Waals surface area (Å²) < 4.78 is 16.1. The van der Waals surface area contributed by atoms with E-state index >= 15 is 0 Å². The number of imide groups is 1. The second kappa shape index (κ2) is 30.3. The van der Waals surface area contributed by atoms with Crippen molar-refractivity contribution in [1.29, 1.82) is 0 Å². The van der Waals surface area contributed by atoms with Gasteiger partial charge in [0.2, 0.25) is 0 Å². The Morgan fingerprint density at radius 2 is 1.04 bits per heavy atom. The molecule has 4 amide bonds. The van der Waals surface area contributed by atoms with Gasteiger partial charge >= 0.3 is 18.2 Å². The summed E-state index contributed by atoms with van der Waals surface area (Å²) in [4.78, 5) is 60.9. The molecule has 0 radical (unpaired) electrons. The van der Waals surface area contributed by atoms with Crippen molar-refractivity contribution >= 4 is 30.8 Å². The van der Waals surface area contributed by atoms with Gasteiger partial charge in [0.25, 0.3) is 0 Å². The van der Waals surface area contributed by atoms with Crippen molar-refractivity contribution in [2.24, 2.45) is 10.8 Å². The molecule has 0 spiro atoms. The summed E-state index contributed by atoms with van der Waals surface area (Å²) in [6.45, 7) is 15.5. The van der Waals surface area contributed by atoms with Gasteiger partial charge in [-0.25, -0.2) is 19.3 Å². The van der Waals surface area contributed by atoms with Gasteiger partial charge in [-0.15, -0.1) is 0 Å². The van der Waals surface area contributed by atoms with E-state index in [4.69, 9.17) is 14.2 Å². The van der Waals surface area contributed by atoms with Gasteiger partial charge in [-0.3, -0.25) is 0 Å². The normalized spacial score (nSPS) is 11.3. The van der Waals surface area contributed by atoms with E-state index in [1.54, 1.807) is 27.7 Å². The van der Waals surface area contributed by atoms with Crippen LogP contribution in [0.15, 0.2) is 12.5 Å². The molecule has 3 N–H and O–H groups in total. The average molecular weight is 725 g/mol. The molecular formula is C39H72N4O8. The van der Waals surface area contributed by atoms with E-state index < -0.39 is 29.0 Å². The Labute approximate surface area is 308 Å². The summed E-state index contributed by atoms with van der Waals surface area (Å²) in [5.74, 6) is 0.436. The summed E-state index contributed by atoms with van der Waals surface area (Å²) in [7, 11) is 0. The molecule has 0 bridgehead atoms. The zero-order valence-corrected chi connectivity index (χ0v) is 32.8. The number of rotatable bonds is 33. The number of nitrogens with one attached hydrogen (secondary N) is 3. The monoisotopic (exact) mass is 725 g/mol. The van der Waals surface area contributed by atoms with Gasteiger partial charge in [-0.1, -0.05) is 90.4 Å². The molecule has 296 valence electrons. The van der Waals surface area contributed by atoms with Crippen LogP contribution in [0.3, 0.4) is 0 Å². The first kappa shape index (κ1) is 47.7. The zero-order valence-electron chi connectivity index (χ0n) is 32.8. The predicted molar refractivity (Wildman–Crippen MR) is 202 cm³/mol. The van der Waals surface area contributed by atoms with Crippen molar-refractivity contribution in [1.82, 2.24) is 20.9 Å². The number of unbranched alkanes of at least 4 members (excludes halogenated alkanes) is 15. The number of carbonyl (C=O) groups excluding carboxylic acids is 5. The molecule has 12 nitrogen and oxygen atoms in total. The maximum Gasteiger partial charge on any atom is 0.417 e. The van der Waals surface area contributed by atoms with E-state index in [1.807, 2.05) is 0 Å². The first-order valence-corrected chi connectivity index (χ1v) is 19.5. The van der Waals surface area contributed by atoms with Crippen molar-refractivity contribution in [3.63, 3.8) is 0 Å². The van der Waals surface area contributed by atoms with Crippen molar-refractivity contribution < 1.29 is 38.2 Å². The van der Waals surface area contributed by atoms with Crippen LogP contribution in [0, 0.1) is 10.8 Å². The summed E-state index contributed by atoms with van der Waals surface area (Å²) in [6, 6.07) is -0.445. The first-order valence-electron chi connectivity index (χ1n) is 19.5. The van der Waals surface area contributed by atoms with Crippen LogP contribution < -0.4 is 16.0 Å². The molecule has 0 saturated carbocycles. The Morgan fingerprint density at radius 1 is 0.588 bits per heavy atom. The van der Waals surface area contributed by atoms with Crippen LogP contribution in [0.5, 0.6) is 0 Å². The van der Waals surface area contributed by atoms with Gasteiger partial charge in [0.15, 0.2) is 5.88 Å². The Morgan fingerprint density at radius 3 is 1.59 bits per heavy atom. The lowest BCUT2D eigenvalue weighted by Gasteiger charge is -2.21. The molecule has 0 fully saturated rings. The molecule has 0 aromatic carbocycles. The Hall–Kier alpha value is -3.31. The summed E-state index contributed by atoms with van der Waals surface area (Å²) in [5, 5.41) is 8.66. The molecule has 0 unspecified atom stereocenters. The van der Waals surface area contributed by atoms with Crippen LogP contribution in [0.4, 0.5) is 14.4 Å². The summed E-state index contributed by atoms with van der Waals surface area (Å²) >= 11 is 0. The highest BCUT2D eigenvalue weighted by atomic mass is 16.6. The summed E-state index contributed by atoms with van der Waals surface area (Å²) in [5.41, 5.74) is -1.27. The van der Waals surface area contributed by atoms with Crippen molar-refractivity contribution in [3.8, 4) is 0 Å². The quantitative estimate of drug-likeness (QED) is 0.0344. The second-order valence-electron chi connectivity index (χ2n) is 14.9. The Kier molecular flexibility index (Phi) is 28.4. The highest BCUT2D eigenvalue weighted by Crippen LogP contribution is 2.14. The van der Waals surface area contributed by atoms with Gasteiger partial charge < -0.3 is 39.8 Å². The minimum Gasteiger partial charge on any atom is -0.479 e. The molecule has 0 aliphatic rings. The smallest absolute Gasteiger partial charge is 0.417 e. The van der Waals surface area contributed by atoms with E-state index in [0.717, 1.165) is 76.8 Å². The molecular weight excluding hydrogens is 652 g/mol. The lowest BCUT2D eigenvalue weighted by atomic mass is 9.98. The Balaban J connectivity index is 4.48. The molecule has 0 aliphatic carbocycles. The number of ether oxygens (including phenoxy) is 3. The van der Waals surface area contributed by atoms with E-state index in [1.165, 1.54) is 49.8 Å². The van der Waals surface area contributed by atoms with E-state index in [0.29, 0.717) is 38.5 Å². The van der Waals surface area contributed by atoms with E-state index in [2.05, 4.69) is 29.5 Å². The largest absolute Gasteiger partial charge is 0.479 e. The topological polar surface area (TPSA) is 152 Å². The number of nitrogens with zero attached hydrogens (tertiary/aromatic N) is 1. The molecule has 0 saturated heterocycles. The molecule has 0 aromatic heterocycles. The minimum atomic E-state index is -0.706. The molecule has 0 aromatic rings. The van der Waals surface area contributed by atoms with Crippen molar-refractivity contribution in [2.45, 2.75) is 150 Å². The number of hydrogen-bond donors (Lipinski definition) is 3. The highest BCUT2D eigenvalue weighted by Gasteiger charge is 2.22. The fourth-order valence-corrected chi connectivity index (χ4v) is 4.86. The number of urea groups is 1. The van der Waals surface area contributed by atoms with Crippen LogP contribution in [0.2, 0.25) is 0 Å². The highest BCUT2D eigenvalue weighted by molar-refractivity contribution is 5.90. The second-order valence-corrected chi connectivity index (χ2v) is 14.9. The third-order valence-corrected chi connectivity index (χ3v) is 8.30. The number of alkyl carbamates (subject to hydrolysis) is 1. The number of carbonyl (C=O) groups is 5. The number of aldehydes is 2. The molecule has 0 heterocycles. The lowest BCUT2D eigenvalue weighted by molar-refractivity contribution is -0.117. The number of hydrogen-bond acceptors (Lipinski definition) is 9. The van der Waals surface area contributed by atoms with Gasteiger partial charge in [0.05, 0.1) is 17.4 Å². The van der Waals surface area contributed by atoms with Gasteiger partial charge in [0.1, 0.15) is 25.8 Å². The van der Waals surface area contributed by atoms with Crippen molar-refractivity contribution in [3.05, 3.63) is 12.5 Å². The maximum atomic E-state index is 13.0. The average Bonchev–Trinajstić information content (AvgIpc) is 3.11. The third-order valence-electron chi connectivity index (χ3n) is 8.30. The number of amides is 4. The molecule has 0 aliphatic heterocycles. The van der Waals surface area contributed by atoms with Gasteiger partial charge in [-0.05, 0) is 66.4 Å². The predicted octanol–water partition coefficient (Wildman–Crippen LogP) is 8.43. The summed E-state index contributed by atoms with van der Waals surface area (Å²) in [6.07, 6.45) is 18.8. The van der Waals surface area contributed by atoms with Gasteiger partial charge in [-0.2, -0.15) is 0 Å². The lowest BCUT2D eigenvalue weighted by Crippen LogP contribution is -2.45. The first-order chi connectivity index (χ1) is 24.4. The fraction of sp³-hybridized carbons (Fsp3) is 0.821. The Bertz CT molecular complexity index is 973. The zero-order chi connectivity index (χ0) is 38.2. The molecule has 0 rings (SSSR count). The molecule has 0 atom stereocenters. The van der Waals surface area contributed by atoms with Crippen LogP contribution in [-0.2, 0) is 23.8 Å². The maximum absolute atomic E-state index is 13.0. The SMILES string of the molecule is C=C(NCCCCCCN(C(=O)NCCCCCCNC(=O)OCC(C)(C)C=O)C(=O)OCCCCCCCCCCCC)OCC(C)(C)C=O. The fourth-order valence-electron chi connectivity index (χ4n) is 4.86. The molecule has 51 heavy (non-hydrogen) atoms. The van der Waals surface area contributed by atoms with Crippen LogP contribution in [-0.4, -0.2) is 81.7 Å². The van der Waals surface area contributed by atoms with Crippen LogP contribution >= 0.6 is 0 Å². The van der Waals surface area contributed by atoms with E-state index in [-0.39, 0.29) is 19.8 Å². The van der Waals surface area contributed by atoms with Gasteiger partial charge in [0, 0.05) is 26.2 Å². The van der Waals surface area contributed by atoms with Crippen molar-refractivity contribution in [2.75, 3.05) is 46.0 Å².